The van der Waals surface area contributed by atoms with Crippen LogP contribution in [-0.4, -0.2) is 30.7 Å². The Morgan fingerprint density at radius 2 is 1.89 bits per heavy atom. The molecule has 2 aliphatic rings. The lowest BCUT2D eigenvalue weighted by molar-refractivity contribution is 0.0344. The molecule has 3 heterocycles. The second-order valence-electron chi connectivity index (χ2n) is 9.72. The van der Waals surface area contributed by atoms with Crippen LogP contribution < -0.4 is 0 Å². The molecule has 0 bridgehead atoms. The molecule has 1 amide bonds. The molecule has 6 nitrogen and oxygen atoms in total. The van der Waals surface area contributed by atoms with Crippen LogP contribution in [0.4, 0.5) is 8.78 Å². The summed E-state index contributed by atoms with van der Waals surface area (Å²) in [4.78, 5) is 18.2. The molecule has 178 valence electrons. The number of hydrogen-bond donors (Lipinski definition) is 1. The summed E-state index contributed by atoms with van der Waals surface area (Å²) in [5.74, 6) is -1.54. The lowest BCUT2D eigenvalue weighted by Crippen LogP contribution is -2.24. The highest BCUT2D eigenvalue weighted by atomic mass is 19.1. The number of benzene rings is 2. The molecule has 4 aromatic rings. The summed E-state index contributed by atoms with van der Waals surface area (Å²) in [6.07, 6.45) is 5.32. The predicted molar refractivity (Wildman–Crippen MR) is 126 cm³/mol. The molecule has 6 rings (SSSR count). The predicted octanol–water partition coefficient (Wildman–Crippen LogP) is 4.69. The zero-order chi connectivity index (χ0) is 24.5. The molecule has 1 aliphatic heterocycles. The number of aryl methyl sites for hydroxylation is 1. The fourth-order valence-electron chi connectivity index (χ4n) is 5.16. The second-order valence-corrected chi connectivity index (χ2v) is 9.72. The number of carbonyl (C=O) groups excluding carboxylic acids is 1. The number of pyridine rings is 1. The highest BCUT2D eigenvalue weighted by molar-refractivity contribution is 5.98. The van der Waals surface area contributed by atoms with Crippen LogP contribution in [0.5, 0.6) is 0 Å². The van der Waals surface area contributed by atoms with Crippen molar-refractivity contribution in [3.8, 4) is 11.1 Å². The van der Waals surface area contributed by atoms with Crippen molar-refractivity contribution < 1.29 is 18.7 Å². The van der Waals surface area contributed by atoms with Gasteiger partial charge in [0, 0.05) is 36.0 Å². The van der Waals surface area contributed by atoms with Gasteiger partial charge in [-0.2, -0.15) is 5.10 Å². The van der Waals surface area contributed by atoms with Crippen LogP contribution in [0.2, 0.25) is 0 Å². The van der Waals surface area contributed by atoms with Crippen molar-refractivity contribution in [1.29, 1.82) is 0 Å². The normalized spacial score (nSPS) is 17.2. The molecule has 35 heavy (non-hydrogen) atoms. The Bertz CT molecular complexity index is 1480. The van der Waals surface area contributed by atoms with Gasteiger partial charge >= 0.3 is 0 Å². The van der Waals surface area contributed by atoms with Gasteiger partial charge in [0.25, 0.3) is 5.91 Å². The fraction of sp³-hybridized carbons (Fsp3) is 0.296. The van der Waals surface area contributed by atoms with E-state index in [1.54, 1.807) is 55.3 Å². The second kappa shape index (κ2) is 7.68. The lowest BCUT2D eigenvalue weighted by atomic mass is 9.87. The number of hydrogen-bond acceptors (Lipinski definition) is 4. The average Bonchev–Trinajstić information content (AvgIpc) is 3.55. The van der Waals surface area contributed by atoms with Crippen LogP contribution in [0.1, 0.15) is 46.9 Å². The third-order valence-corrected chi connectivity index (χ3v) is 7.26. The Balaban J connectivity index is 1.37. The largest absolute Gasteiger partial charge is 0.385 e. The molecule has 0 radical (unpaired) electrons. The molecule has 0 spiro atoms. The van der Waals surface area contributed by atoms with Crippen LogP contribution in [0.25, 0.3) is 22.0 Å². The summed E-state index contributed by atoms with van der Waals surface area (Å²) in [5.41, 5.74) is 2.24. The molecular formula is C27H24F2N4O2. The van der Waals surface area contributed by atoms with Crippen molar-refractivity contribution in [2.24, 2.45) is 13.0 Å². The SMILES string of the molecule is Cn1cc2c(-c3cc(F)c(CN4Cc5ncccc5C4=O)c(F)c3)ccc(C(C)(O)C3CC3)c2n1. The molecular weight excluding hydrogens is 450 g/mol. The number of nitrogens with zero attached hydrogens (tertiary/aromatic N) is 4. The van der Waals surface area contributed by atoms with Crippen molar-refractivity contribution in [1.82, 2.24) is 19.7 Å². The molecule has 8 heteroatoms. The Kier molecular flexibility index (Phi) is 4.79. The van der Waals surface area contributed by atoms with Crippen molar-refractivity contribution in [3.05, 3.63) is 82.8 Å². The van der Waals surface area contributed by atoms with Gasteiger partial charge in [-0.25, -0.2) is 8.78 Å². The number of rotatable bonds is 5. The van der Waals surface area contributed by atoms with Gasteiger partial charge in [-0.15, -0.1) is 0 Å². The van der Waals surface area contributed by atoms with Gasteiger partial charge in [-0.3, -0.25) is 14.5 Å². The molecule has 1 N–H and O–H groups in total. The first-order valence-electron chi connectivity index (χ1n) is 11.6. The van der Waals surface area contributed by atoms with Gasteiger partial charge in [0.1, 0.15) is 11.6 Å². The summed E-state index contributed by atoms with van der Waals surface area (Å²) in [6.45, 7) is 1.84. The van der Waals surface area contributed by atoms with Gasteiger partial charge < -0.3 is 10.0 Å². The van der Waals surface area contributed by atoms with E-state index < -0.39 is 17.2 Å². The van der Waals surface area contributed by atoms with E-state index in [0.717, 1.165) is 18.4 Å². The number of aliphatic hydroxyl groups is 1. The van der Waals surface area contributed by atoms with Crippen molar-refractivity contribution in [3.63, 3.8) is 0 Å². The van der Waals surface area contributed by atoms with E-state index in [4.69, 9.17) is 0 Å². The fourth-order valence-corrected chi connectivity index (χ4v) is 5.16. The van der Waals surface area contributed by atoms with Gasteiger partial charge in [0.05, 0.1) is 35.5 Å². The van der Waals surface area contributed by atoms with Crippen molar-refractivity contribution >= 4 is 16.8 Å². The number of carbonyl (C=O) groups is 1. The monoisotopic (exact) mass is 474 g/mol. The zero-order valence-corrected chi connectivity index (χ0v) is 19.4. The van der Waals surface area contributed by atoms with Gasteiger partial charge in [0.15, 0.2) is 0 Å². The molecule has 1 fully saturated rings. The molecule has 2 aromatic carbocycles. The van der Waals surface area contributed by atoms with Gasteiger partial charge in [-0.05, 0) is 61.1 Å². The van der Waals surface area contributed by atoms with E-state index in [9.17, 15) is 9.90 Å². The Labute approximate surface area is 200 Å². The molecule has 2 aromatic heterocycles. The van der Waals surface area contributed by atoms with Crippen molar-refractivity contribution in [2.45, 2.75) is 38.5 Å². The van der Waals surface area contributed by atoms with Crippen LogP contribution in [0, 0.1) is 17.6 Å². The topological polar surface area (TPSA) is 71.2 Å². The van der Waals surface area contributed by atoms with Gasteiger partial charge in [0.2, 0.25) is 0 Å². The Morgan fingerprint density at radius 1 is 1.14 bits per heavy atom. The maximum absolute atomic E-state index is 15.2. The highest BCUT2D eigenvalue weighted by Gasteiger charge is 2.42. The number of fused-ring (bicyclic) bond motifs is 2. The standard InChI is InChI=1S/C27H24F2N4O2/c1-27(35,16-5-6-16)21-8-7-17(19-12-32(2)31-25(19)21)15-10-22(28)20(23(29)11-15)13-33-14-24-18(26(33)34)4-3-9-30-24/h3-4,7-12,16,35H,5-6,13-14H2,1-2H3. The van der Waals surface area contributed by atoms with Crippen LogP contribution in [0.3, 0.4) is 0 Å². The quantitative estimate of drug-likeness (QED) is 0.456. The average molecular weight is 475 g/mol. The van der Waals surface area contributed by atoms with E-state index in [0.29, 0.717) is 33.3 Å². The first kappa shape index (κ1) is 21.9. The van der Waals surface area contributed by atoms with Crippen LogP contribution in [0.15, 0.2) is 48.8 Å². The Hall–Kier alpha value is -3.65. The van der Waals surface area contributed by atoms with E-state index in [2.05, 4.69) is 10.1 Å². The van der Waals surface area contributed by atoms with E-state index in [-0.39, 0.29) is 30.5 Å². The van der Waals surface area contributed by atoms with E-state index >= 15 is 8.78 Å². The molecule has 0 saturated heterocycles. The van der Waals surface area contributed by atoms with E-state index in [1.807, 2.05) is 0 Å². The van der Waals surface area contributed by atoms with Gasteiger partial charge in [-0.1, -0.05) is 12.1 Å². The highest BCUT2D eigenvalue weighted by Crippen LogP contribution is 2.47. The Morgan fingerprint density at radius 3 is 2.57 bits per heavy atom. The molecule has 1 atom stereocenters. The maximum Gasteiger partial charge on any atom is 0.256 e. The number of halogens is 2. The third-order valence-electron chi connectivity index (χ3n) is 7.26. The zero-order valence-electron chi connectivity index (χ0n) is 19.4. The summed E-state index contributed by atoms with van der Waals surface area (Å²) >= 11 is 0. The summed E-state index contributed by atoms with van der Waals surface area (Å²) in [6, 6.07) is 9.53. The van der Waals surface area contributed by atoms with Crippen LogP contribution >= 0.6 is 0 Å². The maximum atomic E-state index is 15.2. The minimum Gasteiger partial charge on any atom is -0.385 e. The number of amides is 1. The molecule has 1 saturated carbocycles. The minimum atomic E-state index is -1.01. The summed E-state index contributed by atoms with van der Waals surface area (Å²) in [7, 11) is 1.78. The summed E-state index contributed by atoms with van der Waals surface area (Å²) in [5, 5.41) is 16.4. The smallest absolute Gasteiger partial charge is 0.256 e. The molecule has 1 aliphatic carbocycles. The first-order valence-corrected chi connectivity index (χ1v) is 11.6. The van der Waals surface area contributed by atoms with E-state index in [1.165, 1.54) is 17.0 Å². The summed E-state index contributed by atoms with van der Waals surface area (Å²) < 4.78 is 32.1. The van der Waals surface area contributed by atoms with Crippen LogP contribution in [-0.2, 0) is 25.7 Å². The molecule has 1 unspecified atom stereocenters. The minimum absolute atomic E-state index is 0.161. The third kappa shape index (κ3) is 3.51. The van der Waals surface area contributed by atoms with Crippen molar-refractivity contribution in [2.75, 3.05) is 0 Å². The lowest BCUT2D eigenvalue weighted by Gasteiger charge is -2.24. The first-order chi connectivity index (χ1) is 16.7. The number of aromatic nitrogens is 3.